The molecule has 35 heavy (non-hydrogen) atoms. The van der Waals surface area contributed by atoms with Gasteiger partial charge in [0, 0.05) is 17.3 Å². The summed E-state index contributed by atoms with van der Waals surface area (Å²) < 4.78 is 25.6. The molecule has 3 aromatic carbocycles. The number of hydrogen-bond donors (Lipinski definition) is 3. The number of anilines is 1. The van der Waals surface area contributed by atoms with Crippen molar-refractivity contribution in [3.63, 3.8) is 0 Å². The number of carbonyl (C=O) groups excluding carboxylic acids is 2. The summed E-state index contributed by atoms with van der Waals surface area (Å²) in [5.74, 6) is -2.63. The lowest BCUT2D eigenvalue weighted by Gasteiger charge is -2.26. The first-order chi connectivity index (χ1) is 16.7. The van der Waals surface area contributed by atoms with Crippen LogP contribution in [0.3, 0.4) is 0 Å². The Morgan fingerprint density at radius 1 is 1.00 bits per heavy atom. The zero-order valence-corrected chi connectivity index (χ0v) is 18.6. The number of benzene rings is 3. The van der Waals surface area contributed by atoms with Gasteiger partial charge in [0.25, 0.3) is 0 Å². The second-order valence-electron chi connectivity index (χ2n) is 7.39. The number of carboxylic acid groups (broad SMARTS) is 1. The van der Waals surface area contributed by atoms with E-state index in [0.29, 0.717) is 17.0 Å². The van der Waals surface area contributed by atoms with Crippen molar-refractivity contribution >= 4 is 23.5 Å². The first-order valence-corrected chi connectivity index (χ1v) is 10.4. The zero-order chi connectivity index (χ0) is 25.4. The fourth-order valence-corrected chi connectivity index (χ4v) is 3.11. The molecule has 0 aliphatic heterocycles. The van der Waals surface area contributed by atoms with Crippen LogP contribution in [0.1, 0.15) is 28.9 Å². The van der Waals surface area contributed by atoms with Crippen molar-refractivity contribution in [2.75, 3.05) is 5.32 Å². The van der Waals surface area contributed by atoms with Crippen LogP contribution in [0.2, 0.25) is 0 Å². The molecular formula is C26H22FNO7. The van der Waals surface area contributed by atoms with Crippen molar-refractivity contribution in [1.82, 2.24) is 0 Å². The van der Waals surface area contributed by atoms with Gasteiger partial charge in [0.1, 0.15) is 5.75 Å². The Kier molecular flexibility index (Phi) is 8.18. The molecule has 8 nitrogen and oxygen atoms in total. The van der Waals surface area contributed by atoms with Crippen molar-refractivity contribution in [3.05, 3.63) is 102 Å². The van der Waals surface area contributed by atoms with Gasteiger partial charge in [-0.25, -0.2) is 14.0 Å². The largest absolute Gasteiger partial charge is 0.505 e. The Morgan fingerprint density at radius 3 is 2.29 bits per heavy atom. The number of aliphatic carboxylic acids is 1. The van der Waals surface area contributed by atoms with Gasteiger partial charge in [-0.2, -0.15) is 0 Å². The van der Waals surface area contributed by atoms with Gasteiger partial charge in [0.2, 0.25) is 0 Å². The molecule has 180 valence electrons. The van der Waals surface area contributed by atoms with Crippen LogP contribution in [0.15, 0.2) is 84.9 Å². The van der Waals surface area contributed by atoms with Crippen LogP contribution in [0.5, 0.6) is 11.5 Å². The summed E-state index contributed by atoms with van der Waals surface area (Å²) in [6, 6.07) is 17.8. The minimum Gasteiger partial charge on any atom is -0.505 e. The predicted octanol–water partition coefficient (Wildman–Crippen LogP) is 5.11. The molecule has 9 heteroatoms. The van der Waals surface area contributed by atoms with E-state index in [1.165, 1.54) is 43.3 Å². The standard InChI is InChI=1S/C26H22FNO7/c1-16(29)17-7-10-19(11-8-17)28-26(33)35-25(18-9-12-22(30)21(27)15-18)23(13-14-24(31)32)34-20-5-3-2-4-6-20/h2-15,23,25,30H,1H3,(H,28,33)(H,31,32)/b14-13+/t23-,25-/m0/s1. The summed E-state index contributed by atoms with van der Waals surface area (Å²) in [5.41, 5.74) is 0.895. The summed E-state index contributed by atoms with van der Waals surface area (Å²) in [4.78, 5) is 35.3. The maximum absolute atomic E-state index is 14.1. The number of ether oxygens (including phenoxy) is 2. The lowest BCUT2D eigenvalue weighted by molar-refractivity contribution is -0.131. The lowest BCUT2D eigenvalue weighted by atomic mass is 10.0. The van der Waals surface area contributed by atoms with Crippen LogP contribution in [-0.4, -0.2) is 34.2 Å². The van der Waals surface area contributed by atoms with Gasteiger partial charge in [0.15, 0.2) is 29.6 Å². The maximum atomic E-state index is 14.1. The van der Waals surface area contributed by atoms with Crippen molar-refractivity contribution in [1.29, 1.82) is 0 Å². The Hall–Kier alpha value is -4.66. The Bertz CT molecular complexity index is 1230. The highest BCUT2D eigenvalue weighted by Crippen LogP contribution is 2.30. The molecule has 0 saturated heterocycles. The van der Waals surface area contributed by atoms with Crippen molar-refractivity contribution < 1.29 is 38.5 Å². The van der Waals surface area contributed by atoms with Crippen molar-refractivity contribution in [2.24, 2.45) is 0 Å². The van der Waals surface area contributed by atoms with Crippen LogP contribution in [0, 0.1) is 5.82 Å². The number of ketones is 1. The number of phenols is 1. The highest BCUT2D eigenvalue weighted by atomic mass is 19.1. The van der Waals surface area contributed by atoms with Gasteiger partial charge in [-0.3, -0.25) is 10.1 Å². The number of phenolic OH excluding ortho intramolecular Hbond substituents is 1. The minimum atomic E-state index is -1.31. The van der Waals surface area contributed by atoms with E-state index in [0.717, 1.165) is 18.2 Å². The van der Waals surface area contributed by atoms with E-state index < -0.39 is 35.8 Å². The molecule has 0 fully saturated rings. The molecule has 0 unspecified atom stereocenters. The predicted molar refractivity (Wildman–Crippen MR) is 125 cm³/mol. The molecule has 1 amide bonds. The molecule has 0 aromatic heterocycles. The van der Waals surface area contributed by atoms with E-state index in [4.69, 9.17) is 14.6 Å². The van der Waals surface area contributed by atoms with Crippen LogP contribution in [0.25, 0.3) is 0 Å². The maximum Gasteiger partial charge on any atom is 0.412 e. The Labute approximate surface area is 200 Å². The number of aromatic hydroxyl groups is 1. The number of Topliss-reactive ketones (excluding diaryl/α,β-unsaturated/α-hetero) is 1. The molecule has 0 heterocycles. The topological polar surface area (TPSA) is 122 Å². The third-order valence-corrected chi connectivity index (χ3v) is 4.81. The lowest BCUT2D eigenvalue weighted by Crippen LogP contribution is -2.30. The fourth-order valence-electron chi connectivity index (χ4n) is 3.11. The first-order valence-electron chi connectivity index (χ1n) is 10.4. The zero-order valence-electron chi connectivity index (χ0n) is 18.6. The molecule has 0 aliphatic carbocycles. The van der Waals surface area contributed by atoms with E-state index >= 15 is 0 Å². The quantitative estimate of drug-likeness (QED) is 0.288. The van der Waals surface area contributed by atoms with E-state index in [1.54, 1.807) is 30.3 Å². The summed E-state index contributed by atoms with van der Waals surface area (Å²) >= 11 is 0. The highest BCUT2D eigenvalue weighted by molar-refractivity contribution is 5.95. The van der Waals surface area contributed by atoms with E-state index in [9.17, 15) is 23.9 Å². The monoisotopic (exact) mass is 479 g/mol. The Balaban J connectivity index is 1.92. The summed E-state index contributed by atoms with van der Waals surface area (Å²) in [5, 5.41) is 21.2. The molecule has 0 bridgehead atoms. The second kappa shape index (κ2) is 11.5. The second-order valence-corrected chi connectivity index (χ2v) is 7.39. The van der Waals surface area contributed by atoms with Crippen molar-refractivity contribution in [3.8, 4) is 11.5 Å². The molecule has 3 rings (SSSR count). The summed E-state index contributed by atoms with van der Waals surface area (Å²) in [7, 11) is 0. The van der Waals surface area contributed by atoms with Crippen LogP contribution in [-0.2, 0) is 9.53 Å². The summed E-state index contributed by atoms with van der Waals surface area (Å²) in [6.45, 7) is 1.41. The van der Waals surface area contributed by atoms with Gasteiger partial charge < -0.3 is 19.7 Å². The number of amides is 1. The molecule has 0 radical (unpaired) electrons. The fraction of sp³-hybridized carbons (Fsp3) is 0.115. The van der Waals surface area contributed by atoms with E-state index in [1.807, 2.05) is 0 Å². The average molecular weight is 479 g/mol. The van der Waals surface area contributed by atoms with E-state index in [2.05, 4.69) is 5.32 Å². The van der Waals surface area contributed by atoms with E-state index in [-0.39, 0.29) is 11.3 Å². The van der Waals surface area contributed by atoms with Crippen LogP contribution in [0.4, 0.5) is 14.9 Å². The number of carboxylic acids is 1. The number of carbonyl (C=O) groups is 3. The average Bonchev–Trinajstić information content (AvgIpc) is 2.83. The minimum absolute atomic E-state index is 0.110. The number of rotatable bonds is 9. The van der Waals surface area contributed by atoms with Gasteiger partial charge in [-0.1, -0.05) is 24.3 Å². The van der Waals surface area contributed by atoms with Crippen LogP contribution < -0.4 is 10.1 Å². The summed E-state index contributed by atoms with van der Waals surface area (Å²) in [6.07, 6.45) is -1.44. The first kappa shape index (κ1) is 25.0. The number of halogens is 1. The van der Waals surface area contributed by atoms with Crippen molar-refractivity contribution in [2.45, 2.75) is 19.1 Å². The molecule has 0 saturated carbocycles. The molecular weight excluding hydrogens is 457 g/mol. The van der Waals surface area contributed by atoms with Crippen LogP contribution >= 0.6 is 0 Å². The number of hydrogen-bond acceptors (Lipinski definition) is 6. The molecule has 3 N–H and O–H groups in total. The van der Waals surface area contributed by atoms with Gasteiger partial charge in [-0.05, 0) is 67.1 Å². The molecule has 2 atom stereocenters. The number of nitrogens with one attached hydrogen (secondary N) is 1. The smallest absolute Gasteiger partial charge is 0.412 e. The third kappa shape index (κ3) is 7.16. The van der Waals surface area contributed by atoms with Gasteiger partial charge >= 0.3 is 12.1 Å². The normalized spacial score (nSPS) is 12.5. The molecule has 3 aromatic rings. The highest BCUT2D eigenvalue weighted by Gasteiger charge is 2.29. The van der Waals surface area contributed by atoms with Gasteiger partial charge in [-0.15, -0.1) is 0 Å². The SMILES string of the molecule is CC(=O)c1ccc(NC(=O)O[C@@H](c2ccc(O)c(F)c2)[C@H](/C=C/C(=O)O)Oc2ccccc2)cc1. The third-order valence-electron chi connectivity index (χ3n) is 4.81. The molecule has 0 aliphatic rings. The molecule has 0 spiro atoms. The Morgan fingerprint density at radius 2 is 1.69 bits per heavy atom. The number of para-hydroxylation sites is 1. The van der Waals surface area contributed by atoms with Gasteiger partial charge in [0.05, 0.1) is 0 Å².